The van der Waals surface area contributed by atoms with Crippen molar-refractivity contribution in [2.24, 2.45) is 0 Å². The Morgan fingerprint density at radius 1 is 1.04 bits per heavy atom. The van der Waals surface area contributed by atoms with Crippen LogP contribution in [-0.4, -0.2) is 14.8 Å². The lowest BCUT2D eigenvalue weighted by molar-refractivity contribution is -0.616. The van der Waals surface area contributed by atoms with E-state index in [1.54, 1.807) is 6.92 Å². The van der Waals surface area contributed by atoms with Crippen LogP contribution in [0.4, 0.5) is 11.4 Å². The van der Waals surface area contributed by atoms with Crippen LogP contribution in [0.3, 0.4) is 0 Å². The molecule has 0 aliphatic heterocycles. The molecule has 0 spiro atoms. The highest BCUT2D eigenvalue weighted by Gasteiger charge is 2.22. The summed E-state index contributed by atoms with van der Waals surface area (Å²) in [5.41, 5.74) is -0.127. The lowest BCUT2D eigenvalue weighted by Gasteiger charge is -2.00. The van der Waals surface area contributed by atoms with Gasteiger partial charge in [0.05, 0.1) is 9.85 Å². The van der Waals surface area contributed by atoms with Crippen molar-refractivity contribution in [3.8, 4) is 0 Å². The predicted molar refractivity (Wildman–Crippen MR) is 82.4 cm³/mol. The first-order valence-electron chi connectivity index (χ1n) is 5.95. The van der Waals surface area contributed by atoms with Crippen LogP contribution in [0.2, 0.25) is 10.0 Å². The lowest BCUT2D eigenvalue weighted by Crippen LogP contribution is -2.30. The molecule has 0 atom stereocenters. The molecule has 0 bridgehead atoms. The summed E-state index contributed by atoms with van der Waals surface area (Å²) in [5, 5.41) is 31.6. The second-order valence-electron chi connectivity index (χ2n) is 4.16. The molecule has 0 aromatic carbocycles. The van der Waals surface area contributed by atoms with Crippen LogP contribution in [0.25, 0.3) is 0 Å². The highest BCUT2D eigenvalue weighted by Crippen LogP contribution is 2.25. The maximum absolute atomic E-state index is 10.9. The zero-order valence-electron chi connectivity index (χ0n) is 11.9. The first-order chi connectivity index (χ1) is 10.7. The van der Waals surface area contributed by atoms with Gasteiger partial charge in [0.2, 0.25) is 0 Å². The van der Waals surface area contributed by atoms with Gasteiger partial charge in [-0.25, -0.2) is 0 Å². The summed E-state index contributed by atoms with van der Waals surface area (Å²) in [6.45, 7) is 2.89. The molecule has 11 heteroatoms. The third-order valence-corrected chi connectivity index (χ3v) is 3.29. The number of nitrogens with zero attached hydrogens (tertiary/aromatic N) is 4. The zero-order valence-corrected chi connectivity index (χ0v) is 13.4. The molecule has 0 aliphatic carbocycles. The van der Waals surface area contributed by atoms with Gasteiger partial charge in [-0.05, 0) is 13.0 Å². The Morgan fingerprint density at radius 3 is 1.96 bits per heavy atom. The van der Waals surface area contributed by atoms with E-state index in [9.17, 15) is 25.4 Å². The molecule has 23 heavy (non-hydrogen) atoms. The highest BCUT2D eigenvalue weighted by molar-refractivity contribution is 6.33. The van der Waals surface area contributed by atoms with E-state index in [0.29, 0.717) is 10.4 Å². The minimum atomic E-state index is -0.675. The fourth-order valence-electron chi connectivity index (χ4n) is 1.57. The van der Waals surface area contributed by atoms with Gasteiger partial charge < -0.3 is 5.21 Å². The maximum Gasteiger partial charge on any atom is 0.354 e. The Balaban J connectivity index is 0.000000231. The number of aromatic nitrogens is 2. The van der Waals surface area contributed by atoms with Crippen molar-refractivity contribution in [2.45, 2.75) is 13.8 Å². The number of halogens is 2. The molecule has 0 saturated heterocycles. The topological polar surface area (TPSA) is 126 Å². The van der Waals surface area contributed by atoms with E-state index < -0.39 is 9.85 Å². The SMILES string of the molecule is Cc1c([N+](=O)[O-])c(Cl)cc[n+]1[O-].Cc1nccc(Cl)c1[N+](=O)[O-]. The van der Waals surface area contributed by atoms with Crippen molar-refractivity contribution in [2.75, 3.05) is 0 Å². The molecule has 2 heterocycles. The van der Waals surface area contributed by atoms with Gasteiger partial charge >= 0.3 is 11.4 Å². The summed E-state index contributed by atoms with van der Waals surface area (Å²) >= 11 is 11.0. The predicted octanol–water partition coefficient (Wildman–Crippen LogP) is 3.14. The molecular weight excluding hydrogens is 351 g/mol. The normalized spacial score (nSPS) is 9.74. The van der Waals surface area contributed by atoms with Gasteiger partial charge in [0.15, 0.2) is 6.20 Å². The van der Waals surface area contributed by atoms with Crippen molar-refractivity contribution in [1.82, 2.24) is 4.98 Å². The van der Waals surface area contributed by atoms with E-state index in [-0.39, 0.29) is 27.1 Å². The molecule has 0 aliphatic rings. The smallest absolute Gasteiger partial charge is 0.354 e. The first kappa shape index (κ1) is 18.5. The van der Waals surface area contributed by atoms with Crippen LogP contribution in [0.15, 0.2) is 24.5 Å². The number of hydrogen-bond donors (Lipinski definition) is 0. The van der Waals surface area contributed by atoms with Crippen molar-refractivity contribution < 1.29 is 14.6 Å². The molecule has 0 N–H and O–H groups in total. The number of pyridine rings is 2. The molecule has 2 aromatic heterocycles. The van der Waals surface area contributed by atoms with Crippen molar-refractivity contribution in [1.29, 1.82) is 0 Å². The van der Waals surface area contributed by atoms with Crippen LogP contribution in [-0.2, 0) is 0 Å². The summed E-state index contributed by atoms with van der Waals surface area (Å²) < 4.78 is 0.407. The van der Waals surface area contributed by atoms with Gasteiger partial charge in [0.1, 0.15) is 15.7 Å². The molecular formula is C12H10Cl2N4O5. The van der Waals surface area contributed by atoms with E-state index in [0.717, 1.165) is 6.20 Å². The minimum Gasteiger partial charge on any atom is -0.618 e. The van der Waals surface area contributed by atoms with Crippen molar-refractivity contribution >= 4 is 34.6 Å². The summed E-state index contributed by atoms with van der Waals surface area (Å²) in [4.78, 5) is 23.2. The number of rotatable bonds is 2. The number of hydrogen-bond acceptors (Lipinski definition) is 6. The Kier molecular flexibility index (Phi) is 6.17. The molecule has 122 valence electrons. The van der Waals surface area contributed by atoms with Gasteiger partial charge in [-0.15, -0.1) is 0 Å². The third kappa shape index (κ3) is 4.47. The van der Waals surface area contributed by atoms with Crippen LogP contribution >= 0.6 is 23.2 Å². The lowest BCUT2D eigenvalue weighted by atomic mass is 10.3. The number of nitro groups is 2. The van der Waals surface area contributed by atoms with Gasteiger partial charge in [-0.1, -0.05) is 23.2 Å². The standard InChI is InChI=1S/C6H5ClN2O3.C6H5ClN2O2/c1-4-6(9(11)12)5(7)2-3-8(4)10;1-4-6(9(10)11)5(7)2-3-8-4/h2-3H,1H3;2-3H,1H3. The van der Waals surface area contributed by atoms with Crippen LogP contribution < -0.4 is 4.73 Å². The Hall–Kier alpha value is -2.52. The Morgan fingerprint density at radius 2 is 1.57 bits per heavy atom. The molecule has 0 saturated carbocycles. The monoisotopic (exact) mass is 360 g/mol. The Bertz CT molecular complexity index is 749. The molecule has 2 aromatic rings. The van der Waals surface area contributed by atoms with Crippen LogP contribution in [0.1, 0.15) is 11.4 Å². The molecule has 0 unspecified atom stereocenters. The summed E-state index contributed by atoms with van der Waals surface area (Å²) in [5.74, 6) is 0. The van der Waals surface area contributed by atoms with Gasteiger partial charge in [-0.3, -0.25) is 25.2 Å². The average Bonchev–Trinajstić information content (AvgIpc) is 2.43. The van der Waals surface area contributed by atoms with E-state index in [1.807, 2.05) is 0 Å². The average molecular weight is 361 g/mol. The fourth-order valence-corrected chi connectivity index (χ4v) is 2.09. The quantitative estimate of drug-likeness (QED) is 0.350. The maximum atomic E-state index is 10.9. The van der Waals surface area contributed by atoms with Gasteiger partial charge in [-0.2, -0.15) is 4.73 Å². The second kappa shape index (κ2) is 7.65. The Labute approximate surface area is 140 Å². The molecule has 2 rings (SSSR count). The summed E-state index contributed by atoms with van der Waals surface area (Å²) in [6.07, 6.45) is 2.56. The summed E-state index contributed by atoms with van der Waals surface area (Å²) in [6, 6.07) is 2.59. The highest BCUT2D eigenvalue weighted by atomic mass is 35.5. The minimum absolute atomic E-state index is 0.00694. The van der Waals surface area contributed by atoms with Crippen LogP contribution in [0.5, 0.6) is 0 Å². The van der Waals surface area contributed by atoms with Gasteiger partial charge in [0.25, 0.3) is 5.69 Å². The van der Waals surface area contributed by atoms with Gasteiger partial charge in [0, 0.05) is 19.2 Å². The van der Waals surface area contributed by atoms with E-state index in [4.69, 9.17) is 23.2 Å². The third-order valence-electron chi connectivity index (χ3n) is 2.68. The summed E-state index contributed by atoms with van der Waals surface area (Å²) in [7, 11) is 0. The zero-order chi connectivity index (χ0) is 17.7. The van der Waals surface area contributed by atoms with Crippen molar-refractivity contribution in [3.63, 3.8) is 0 Å². The molecule has 9 nitrogen and oxygen atoms in total. The van der Waals surface area contributed by atoms with Crippen LogP contribution in [0, 0.1) is 39.3 Å². The second-order valence-corrected chi connectivity index (χ2v) is 4.98. The molecule has 0 amide bonds. The first-order valence-corrected chi connectivity index (χ1v) is 6.70. The molecule has 0 fully saturated rings. The van der Waals surface area contributed by atoms with Crippen molar-refractivity contribution in [3.05, 3.63) is 71.4 Å². The van der Waals surface area contributed by atoms with E-state index >= 15 is 0 Å². The van der Waals surface area contributed by atoms with E-state index in [2.05, 4.69) is 4.98 Å². The fraction of sp³-hybridized carbons (Fsp3) is 0.167. The largest absolute Gasteiger partial charge is 0.618 e. The number of aryl methyl sites for hydroxylation is 1. The van der Waals surface area contributed by atoms with E-state index in [1.165, 1.54) is 25.3 Å². The molecule has 0 radical (unpaired) electrons.